The van der Waals surface area contributed by atoms with E-state index >= 15 is 0 Å². The van der Waals surface area contributed by atoms with Gasteiger partial charge in [0.05, 0.1) is 17.5 Å². The second kappa shape index (κ2) is 14.1. The molecule has 230 valence electrons. The Morgan fingerprint density at radius 3 is 2.43 bits per heavy atom. The number of piperidine rings is 2. The van der Waals surface area contributed by atoms with Crippen LogP contribution in [0.4, 0.5) is 0 Å². The molecule has 1 aromatic heterocycles. The molecule has 9 heteroatoms. The third-order valence-corrected chi connectivity index (χ3v) is 9.61. The van der Waals surface area contributed by atoms with E-state index in [4.69, 9.17) is 15.6 Å². The van der Waals surface area contributed by atoms with Crippen molar-refractivity contribution in [3.8, 4) is 0 Å². The van der Waals surface area contributed by atoms with Crippen molar-refractivity contribution in [2.24, 2.45) is 22.7 Å². The van der Waals surface area contributed by atoms with E-state index in [0.29, 0.717) is 43.2 Å². The molecule has 3 N–H and O–H groups in total. The number of rotatable bonds is 12. The fourth-order valence-electron chi connectivity index (χ4n) is 8.02. The van der Waals surface area contributed by atoms with Crippen LogP contribution in [0, 0.1) is 11.8 Å². The number of nitrogens with zero attached hydrogens (tertiary/aromatic N) is 4. The standard InChI is InChI=1S/C33H49N5O4/c1-22(2)18-23-8-5-9-24(19-23)37-25-10-6-11-26(37)21-27(20-25)38-30-13-4-3-12-28(30)35-32(33(38)41)29(14-15-31(39)40)36-42-17-7-16-34/h3-4,12-13,22-27H,5-11,14-21,34H2,1-2H3,(H,39,40)/b36-29+/t23-,24+,25-,26+,27+/m1/s1. The molecule has 42 heavy (non-hydrogen) atoms. The molecule has 2 aromatic rings. The molecule has 5 atom stereocenters. The van der Waals surface area contributed by atoms with Gasteiger partial charge >= 0.3 is 5.97 Å². The van der Waals surface area contributed by atoms with Gasteiger partial charge in [-0.25, -0.2) is 4.98 Å². The zero-order valence-electron chi connectivity index (χ0n) is 25.4. The Balaban J connectivity index is 1.47. The van der Waals surface area contributed by atoms with E-state index in [2.05, 4.69) is 23.9 Å². The topological polar surface area (TPSA) is 123 Å². The molecule has 3 aliphatic rings. The molecule has 1 aliphatic carbocycles. The molecule has 2 bridgehead atoms. The summed E-state index contributed by atoms with van der Waals surface area (Å²) in [5.74, 6) is 0.617. The molecule has 0 radical (unpaired) electrons. The van der Waals surface area contributed by atoms with Crippen LogP contribution < -0.4 is 11.3 Å². The van der Waals surface area contributed by atoms with Gasteiger partial charge < -0.3 is 20.2 Å². The van der Waals surface area contributed by atoms with E-state index in [0.717, 1.165) is 30.2 Å². The van der Waals surface area contributed by atoms with Crippen molar-refractivity contribution in [1.29, 1.82) is 0 Å². The van der Waals surface area contributed by atoms with Crippen LogP contribution in [0.15, 0.2) is 34.2 Å². The number of aromatic nitrogens is 2. The lowest BCUT2D eigenvalue weighted by Crippen LogP contribution is -2.58. The quantitative estimate of drug-likeness (QED) is 0.194. The molecule has 3 heterocycles. The summed E-state index contributed by atoms with van der Waals surface area (Å²) in [6, 6.07) is 9.46. The monoisotopic (exact) mass is 579 g/mol. The van der Waals surface area contributed by atoms with Crippen LogP contribution in [-0.2, 0) is 9.63 Å². The number of aliphatic carboxylic acids is 1. The predicted molar refractivity (Wildman–Crippen MR) is 166 cm³/mol. The highest BCUT2D eigenvalue weighted by atomic mass is 16.6. The number of nitrogens with two attached hydrogens (primary N) is 1. The van der Waals surface area contributed by atoms with Gasteiger partial charge in [0.25, 0.3) is 5.56 Å². The van der Waals surface area contributed by atoms with Crippen LogP contribution in [0.5, 0.6) is 0 Å². The highest BCUT2D eigenvalue weighted by Gasteiger charge is 2.43. The summed E-state index contributed by atoms with van der Waals surface area (Å²) >= 11 is 0. The molecule has 0 spiro atoms. The minimum Gasteiger partial charge on any atom is -0.481 e. The second-order valence-electron chi connectivity index (χ2n) is 13.2. The molecule has 0 unspecified atom stereocenters. The summed E-state index contributed by atoms with van der Waals surface area (Å²) < 4.78 is 1.96. The Labute approximate surface area is 249 Å². The van der Waals surface area contributed by atoms with Crippen molar-refractivity contribution >= 4 is 22.7 Å². The Kier molecular flexibility index (Phi) is 10.3. The third-order valence-electron chi connectivity index (χ3n) is 9.61. The van der Waals surface area contributed by atoms with E-state index in [1.54, 1.807) is 0 Å². The predicted octanol–water partition coefficient (Wildman–Crippen LogP) is 5.49. The lowest BCUT2D eigenvalue weighted by molar-refractivity contribution is -0.136. The number of hydrogen-bond acceptors (Lipinski definition) is 7. The highest BCUT2D eigenvalue weighted by molar-refractivity contribution is 6.00. The Bertz CT molecular complexity index is 1290. The van der Waals surface area contributed by atoms with Crippen LogP contribution in [-0.4, -0.2) is 62.5 Å². The first kappa shape index (κ1) is 30.7. The average Bonchev–Trinajstić information content (AvgIpc) is 2.96. The Morgan fingerprint density at radius 1 is 1.05 bits per heavy atom. The number of benzene rings is 1. The minimum atomic E-state index is -0.954. The zero-order chi connectivity index (χ0) is 29.6. The number of carboxylic acids is 1. The van der Waals surface area contributed by atoms with Crippen LogP contribution in [0.2, 0.25) is 0 Å². The number of hydrogen-bond donors (Lipinski definition) is 2. The van der Waals surface area contributed by atoms with Crippen LogP contribution in [0.1, 0.15) is 109 Å². The minimum absolute atomic E-state index is 0.0598. The van der Waals surface area contributed by atoms with Gasteiger partial charge in [0, 0.05) is 30.6 Å². The summed E-state index contributed by atoms with van der Waals surface area (Å²) in [6.07, 6.45) is 12.7. The van der Waals surface area contributed by atoms with Crippen molar-refractivity contribution in [2.45, 2.75) is 121 Å². The smallest absolute Gasteiger partial charge is 0.303 e. The number of carbonyl (C=O) groups is 1. The first-order valence-corrected chi connectivity index (χ1v) is 16.3. The van der Waals surface area contributed by atoms with Crippen LogP contribution in [0.3, 0.4) is 0 Å². The van der Waals surface area contributed by atoms with E-state index < -0.39 is 5.97 Å². The van der Waals surface area contributed by atoms with E-state index in [1.807, 2.05) is 28.8 Å². The molecular formula is C33H49N5O4. The molecule has 2 saturated heterocycles. The molecule has 3 fully saturated rings. The van der Waals surface area contributed by atoms with E-state index in [-0.39, 0.29) is 35.8 Å². The maximum Gasteiger partial charge on any atom is 0.303 e. The lowest BCUT2D eigenvalue weighted by atomic mass is 9.75. The van der Waals surface area contributed by atoms with Gasteiger partial charge in [-0.2, -0.15) is 0 Å². The maximum atomic E-state index is 14.3. The summed E-state index contributed by atoms with van der Waals surface area (Å²) in [5, 5.41) is 13.6. The van der Waals surface area contributed by atoms with Crippen molar-refractivity contribution in [1.82, 2.24) is 14.5 Å². The van der Waals surface area contributed by atoms with Gasteiger partial charge in [-0.05, 0) is 81.9 Å². The first-order chi connectivity index (χ1) is 20.4. The SMILES string of the molecule is CC(C)C[C@H]1CCC[C@H](N2[C@@H]3CCC[C@H]2C[C@@H](n2c(=O)c(/C(CCC(=O)O)=N/OCCCN)nc4ccccc42)C3)C1. The highest BCUT2D eigenvalue weighted by Crippen LogP contribution is 2.44. The van der Waals surface area contributed by atoms with Gasteiger partial charge in [0.1, 0.15) is 12.3 Å². The first-order valence-electron chi connectivity index (χ1n) is 16.3. The van der Waals surface area contributed by atoms with Gasteiger partial charge in [-0.3, -0.25) is 14.5 Å². The average molecular weight is 580 g/mol. The van der Waals surface area contributed by atoms with Crippen molar-refractivity contribution < 1.29 is 14.7 Å². The van der Waals surface area contributed by atoms with Gasteiger partial charge in [0.2, 0.25) is 0 Å². The normalized spacial score (nSPS) is 27.0. The summed E-state index contributed by atoms with van der Waals surface area (Å²) in [5.41, 5.74) is 7.42. The third kappa shape index (κ3) is 7.05. The fraction of sp³-hybridized carbons (Fsp3) is 0.697. The molecule has 1 aromatic carbocycles. The van der Waals surface area contributed by atoms with Crippen LogP contribution >= 0.6 is 0 Å². The van der Waals surface area contributed by atoms with E-state index in [9.17, 15) is 14.7 Å². The maximum absolute atomic E-state index is 14.3. The van der Waals surface area contributed by atoms with Crippen molar-refractivity contribution in [2.75, 3.05) is 13.2 Å². The largest absolute Gasteiger partial charge is 0.481 e. The molecular weight excluding hydrogens is 530 g/mol. The number of oxime groups is 1. The van der Waals surface area contributed by atoms with Gasteiger partial charge in [-0.15, -0.1) is 0 Å². The molecule has 5 rings (SSSR count). The molecule has 2 aliphatic heterocycles. The van der Waals surface area contributed by atoms with Crippen molar-refractivity contribution in [3.63, 3.8) is 0 Å². The number of para-hydroxylation sites is 2. The van der Waals surface area contributed by atoms with Gasteiger partial charge in [0.15, 0.2) is 5.69 Å². The summed E-state index contributed by atoms with van der Waals surface area (Å²) in [7, 11) is 0. The molecule has 0 amide bonds. The molecule has 1 saturated carbocycles. The lowest BCUT2D eigenvalue weighted by Gasteiger charge is -2.54. The fourth-order valence-corrected chi connectivity index (χ4v) is 8.02. The number of fused-ring (bicyclic) bond motifs is 3. The zero-order valence-corrected chi connectivity index (χ0v) is 25.4. The van der Waals surface area contributed by atoms with E-state index in [1.165, 1.54) is 51.4 Å². The second-order valence-corrected chi connectivity index (χ2v) is 13.2. The number of carboxylic acid groups (broad SMARTS) is 1. The summed E-state index contributed by atoms with van der Waals surface area (Å²) in [4.78, 5) is 38.8. The van der Waals surface area contributed by atoms with Crippen LogP contribution in [0.25, 0.3) is 11.0 Å². The van der Waals surface area contributed by atoms with Crippen molar-refractivity contribution in [3.05, 3.63) is 40.3 Å². The Hall–Kier alpha value is -2.78. The Morgan fingerprint density at radius 2 is 1.74 bits per heavy atom. The van der Waals surface area contributed by atoms with Gasteiger partial charge in [-0.1, -0.05) is 50.4 Å². The summed E-state index contributed by atoms with van der Waals surface area (Å²) in [6.45, 7) is 5.45. The molecule has 9 nitrogen and oxygen atoms in total.